The van der Waals surface area contributed by atoms with Gasteiger partial charge in [-0.05, 0) is 85.4 Å². The average Bonchev–Trinajstić information content (AvgIpc) is 1.79. The van der Waals surface area contributed by atoms with E-state index in [1.807, 2.05) is 60.6 Å². The molecule has 577 valence electrons. The molecule has 105 heavy (non-hydrogen) atoms. The molecular weight excluding hydrogens is 1450 g/mol. The molecule has 7 rings (SSSR count). The van der Waals surface area contributed by atoms with Crippen molar-refractivity contribution in [2.24, 2.45) is 11.3 Å². The number of likely N-dealkylation sites (tertiary alicyclic amines) is 1. The van der Waals surface area contributed by atoms with Crippen LogP contribution in [-0.4, -0.2) is 155 Å². The van der Waals surface area contributed by atoms with Crippen molar-refractivity contribution in [3.05, 3.63) is 124 Å². The predicted molar refractivity (Wildman–Crippen MR) is 373 cm³/mol. The van der Waals surface area contributed by atoms with Crippen molar-refractivity contribution in [1.29, 1.82) is 0 Å². The molecule has 4 aromatic rings. The summed E-state index contributed by atoms with van der Waals surface area (Å²) in [7, 11) is 1.07. The van der Waals surface area contributed by atoms with E-state index < -0.39 is 155 Å². The van der Waals surface area contributed by atoms with Crippen LogP contribution in [-0.2, 0) is 90.9 Å². The molecule has 1 radical (unpaired) electrons. The molecule has 0 aliphatic carbocycles. The van der Waals surface area contributed by atoms with Gasteiger partial charge in [-0.1, -0.05) is 106 Å². The van der Waals surface area contributed by atoms with E-state index >= 15 is 0 Å². The summed E-state index contributed by atoms with van der Waals surface area (Å²) < 4.78 is 79.8. The van der Waals surface area contributed by atoms with Gasteiger partial charge in [0.05, 0.1) is 43.1 Å². The number of pyridine rings is 1. The number of esters is 2. The van der Waals surface area contributed by atoms with E-state index in [9.17, 15) is 79.9 Å². The van der Waals surface area contributed by atoms with Crippen LogP contribution in [0.4, 0.5) is 39.4 Å². The number of cyclic esters (lactones) is 2. The summed E-state index contributed by atoms with van der Waals surface area (Å²) >= 11 is 6.06. The number of benzene rings is 3. The second-order valence-electron chi connectivity index (χ2n) is 26.1. The molecule has 3 aliphatic heterocycles. The quantitative estimate of drug-likeness (QED) is 0.00558. The number of hydrogen-bond donors (Lipinski definition) is 8. The number of methoxy groups -OCH3 is 1. The molecule has 34 heteroatoms. The van der Waals surface area contributed by atoms with Gasteiger partial charge in [-0.2, -0.15) is 8.78 Å². The van der Waals surface area contributed by atoms with Gasteiger partial charge in [-0.25, -0.2) is 13.6 Å². The number of ether oxygens (including phenoxy) is 5. The molecule has 28 nitrogen and oxygen atoms in total. The van der Waals surface area contributed by atoms with E-state index in [4.69, 9.17) is 36.7 Å². The minimum absolute atomic E-state index is 0. The third-order valence-corrected chi connectivity index (χ3v) is 16.6. The second kappa shape index (κ2) is 41.3. The number of carboxylic acid groups (broad SMARTS) is 1. The first-order valence-electron chi connectivity index (χ1n) is 32.6. The van der Waals surface area contributed by atoms with E-state index in [0.29, 0.717) is 43.8 Å². The van der Waals surface area contributed by atoms with Crippen molar-refractivity contribution in [3.8, 4) is 5.75 Å². The van der Waals surface area contributed by atoms with Gasteiger partial charge in [0.1, 0.15) is 48.6 Å². The standard InChI is InChI=1S/C25H35ClN4O5.C22H21F4N3O8.C22H30N2O6.CH4.CH3.V/c1-5-7-19-17(13-20(31)35-19)28-23(33)18-8-6-11-30(18)24(34)21(25(2,3)4)29-22(32)14-9-10-16(27)15(26)12-14;1-3-14(29-6-4-5-12(21(29)34)28-22(35)36-2)20(33)27-13(8-16(31)32)15(30)9-37-19-17(25)10(23)7-11(24)18(19)26;1-6-29-21-16(12-18(26)30-21)24-19(27)13(2)11-17(25)20(28)23-15-10-8-7-9-14(15)22(3,4)5;;;/h9-10,12,17-19,21H,5-8,11,13,27H2,1-4H3,(H,28,33)(H,29,32);4-7,13-14H,3,8-9H2,1-2H3,(H,27,33)(H,28,35)(H,31,32);7-10,13,16,21H,6,11-12H2,1-5H3,(H,23,28)(H,24,27);1H4;1H3;/q;;;;-1;/t17-,18?,19-,21+;13-,14-;13-,16?,21?;;;/m001.../s1. The summed E-state index contributed by atoms with van der Waals surface area (Å²) in [6.45, 7) is 17.9. The Morgan fingerprint density at radius 3 is 1.99 bits per heavy atom. The zero-order valence-electron chi connectivity index (χ0n) is 59.6. The number of Topliss-reactive ketones (excluding diaryl/α,β-unsaturated/α-hetero) is 2. The molecule has 9 atom stereocenters. The summed E-state index contributed by atoms with van der Waals surface area (Å²) in [5.41, 5.74) is 5.97. The summed E-state index contributed by atoms with van der Waals surface area (Å²) in [5.74, 6) is -17.2. The minimum Gasteiger partial charge on any atom is -0.481 e. The van der Waals surface area contributed by atoms with Gasteiger partial charge in [0.25, 0.3) is 17.4 Å². The van der Waals surface area contributed by atoms with E-state index in [0.717, 1.165) is 23.7 Å². The Morgan fingerprint density at radius 2 is 1.41 bits per heavy atom. The van der Waals surface area contributed by atoms with Crippen LogP contribution in [0.15, 0.2) is 71.7 Å². The number of aromatic nitrogens is 1. The first kappa shape index (κ1) is 91.7. The molecule has 3 unspecified atom stereocenters. The van der Waals surface area contributed by atoms with Crippen molar-refractivity contribution in [2.45, 2.75) is 189 Å². The number of ketones is 2. The molecule has 1 aromatic heterocycles. The number of amides is 7. The van der Waals surface area contributed by atoms with Crippen LogP contribution in [0.1, 0.15) is 156 Å². The SMILES string of the molecule is C.CCC[C@@H]1OC(=O)C[C@@H]1NC(=O)C1CCCN1C(=O)[C@@H](NC(=O)c1ccc(N)c(Cl)c1)C(C)(C)C.CCOC1OC(=O)CC1NC(=O)[C@H](C)CC(=O)C(=O)Nc1ccccc1C(C)(C)C.CC[C@@H](C(=O)N[C@@H](CC(=O)O)C(=O)COc1c(F)c(F)cc(F)c1F)n1cccc(NC(=O)OC)c1=O.[CH3-].[V]. The van der Waals surface area contributed by atoms with Gasteiger partial charge in [0.2, 0.25) is 47.3 Å². The number of nitrogens with zero attached hydrogens (tertiary/aromatic N) is 2. The first-order valence-corrected chi connectivity index (χ1v) is 33.0. The molecule has 9 N–H and O–H groups in total. The minimum atomic E-state index is -1.92. The van der Waals surface area contributed by atoms with Gasteiger partial charge < -0.3 is 78.0 Å². The van der Waals surface area contributed by atoms with Crippen molar-refractivity contribution in [1.82, 2.24) is 30.7 Å². The normalized spacial score (nSPS) is 17.6. The Labute approximate surface area is 622 Å². The number of carboxylic acids is 1. The molecule has 0 bridgehead atoms. The summed E-state index contributed by atoms with van der Waals surface area (Å²) in [4.78, 5) is 163. The monoisotopic (exact) mass is 1540 g/mol. The Morgan fingerprint density at radius 1 is 0.790 bits per heavy atom. The third kappa shape index (κ3) is 25.7. The van der Waals surface area contributed by atoms with Crippen molar-refractivity contribution in [2.75, 3.05) is 43.2 Å². The first-order chi connectivity index (χ1) is 47.8. The fourth-order valence-corrected chi connectivity index (χ4v) is 11.1. The third-order valence-electron chi connectivity index (χ3n) is 16.2. The number of nitrogens with one attached hydrogen (secondary N) is 6. The van der Waals surface area contributed by atoms with E-state index in [-0.39, 0.29) is 111 Å². The predicted octanol–water partition coefficient (Wildman–Crippen LogP) is 8.20. The Kier molecular flexibility index (Phi) is 36.1. The number of halogens is 5. The van der Waals surface area contributed by atoms with Crippen LogP contribution in [0.25, 0.3) is 0 Å². The second-order valence-corrected chi connectivity index (χ2v) is 26.5. The van der Waals surface area contributed by atoms with E-state index in [2.05, 4.69) is 41.4 Å². The van der Waals surface area contributed by atoms with Gasteiger partial charge in [0.15, 0.2) is 23.2 Å². The van der Waals surface area contributed by atoms with Gasteiger partial charge in [-0.3, -0.25) is 62.9 Å². The number of rotatable bonds is 26. The molecule has 4 heterocycles. The van der Waals surface area contributed by atoms with E-state index in [1.165, 1.54) is 42.3 Å². The Balaban J connectivity index is 0.000000530. The maximum Gasteiger partial charge on any atom is 0.411 e. The molecular formula is C71H93ClF4N9O19V-. The molecule has 0 saturated carbocycles. The van der Waals surface area contributed by atoms with Crippen LogP contribution in [0.3, 0.4) is 0 Å². The smallest absolute Gasteiger partial charge is 0.411 e. The molecule has 3 aromatic carbocycles. The zero-order valence-corrected chi connectivity index (χ0v) is 61.8. The number of carbonyl (C=O) groups excluding carboxylic acids is 11. The fourth-order valence-electron chi connectivity index (χ4n) is 10.9. The van der Waals surface area contributed by atoms with Crippen LogP contribution < -0.4 is 47.9 Å². The topological polar surface area (TPSA) is 395 Å². The molecule has 3 fully saturated rings. The van der Waals surface area contributed by atoms with Crippen molar-refractivity contribution >= 4 is 99.7 Å². The zero-order chi connectivity index (χ0) is 76.2. The number of nitrogens with two attached hydrogens (primary N) is 1. The maximum absolute atomic E-state index is 13.8. The maximum atomic E-state index is 13.8. The van der Waals surface area contributed by atoms with Crippen LogP contribution in [0.2, 0.25) is 5.02 Å². The molecule has 3 aliphatic rings. The number of aliphatic carboxylic acids is 1. The van der Waals surface area contributed by atoms with Gasteiger partial charge in [0, 0.05) is 67.6 Å². The Hall–Kier alpha value is -9.40. The van der Waals surface area contributed by atoms with Crippen LogP contribution in [0, 0.1) is 42.0 Å². The average molecular weight is 1540 g/mol. The van der Waals surface area contributed by atoms with Gasteiger partial charge >= 0.3 is 24.0 Å². The number of hydrogen-bond acceptors (Lipinski definition) is 19. The van der Waals surface area contributed by atoms with Gasteiger partial charge in [-0.15, -0.1) is 0 Å². The van der Waals surface area contributed by atoms with Crippen LogP contribution in [0.5, 0.6) is 5.75 Å². The number of anilines is 3. The summed E-state index contributed by atoms with van der Waals surface area (Å²) in [5, 5.41) is 24.8. The molecule has 3 saturated heterocycles. The number of nitrogen functional groups attached to an aromatic ring is 1. The number of carbonyl (C=O) groups is 12. The van der Waals surface area contributed by atoms with E-state index in [1.54, 1.807) is 32.0 Å². The summed E-state index contributed by atoms with van der Waals surface area (Å²) in [6.07, 6.45) is 0.576. The molecule has 0 spiro atoms. The van der Waals surface area contributed by atoms with Crippen molar-refractivity contribution < 1.29 is 122 Å². The van der Waals surface area contributed by atoms with Crippen molar-refractivity contribution in [3.63, 3.8) is 0 Å². The molecule has 7 amide bonds. The number of para-hydroxylation sites is 1. The van der Waals surface area contributed by atoms with Crippen LogP contribution >= 0.6 is 11.6 Å². The fraction of sp³-hybridized carbons (Fsp3) is 0.493. The largest absolute Gasteiger partial charge is 0.481 e. The summed E-state index contributed by atoms with van der Waals surface area (Å²) in [6, 6.07) is 8.67. The Bertz CT molecular complexity index is 3830.